The van der Waals surface area contributed by atoms with Gasteiger partial charge in [0.25, 0.3) is 0 Å². The third-order valence-corrected chi connectivity index (χ3v) is 2.03. The minimum atomic E-state index is -0.938. The normalized spacial score (nSPS) is 9.75. The highest BCUT2D eigenvalue weighted by atomic mass is 32.1. The Kier molecular flexibility index (Phi) is 3.07. The molecule has 1 N–H and O–H groups in total. The quantitative estimate of drug-likeness (QED) is 0.726. The van der Waals surface area contributed by atoms with Gasteiger partial charge in [0.05, 0.1) is 0 Å². The zero-order chi connectivity index (χ0) is 8.97. The van der Waals surface area contributed by atoms with Crippen LogP contribution in [0.25, 0.3) is 0 Å². The van der Waals surface area contributed by atoms with Gasteiger partial charge >= 0.3 is 5.97 Å². The second kappa shape index (κ2) is 4.08. The number of methoxy groups -OCH3 is 1. The summed E-state index contributed by atoms with van der Waals surface area (Å²) in [4.78, 5) is 10.7. The third kappa shape index (κ3) is 2.21. The molecule has 0 aromatic carbocycles. The van der Waals surface area contributed by atoms with Crippen LogP contribution in [0.5, 0.6) is 5.75 Å². The lowest BCUT2D eigenvalue weighted by atomic mass is 10.4. The smallest absolute Gasteiger partial charge is 0.346 e. The zero-order valence-corrected chi connectivity index (χ0v) is 7.26. The fraction of sp³-hybridized carbons (Fsp3) is 0.286. The zero-order valence-electron chi connectivity index (χ0n) is 6.44. The number of carboxylic acid groups (broad SMARTS) is 1. The van der Waals surface area contributed by atoms with Crippen molar-refractivity contribution in [2.75, 3.05) is 13.9 Å². The average molecular weight is 188 g/mol. The van der Waals surface area contributed by atoms with Crippen LogP contribution < -0.4 is 4.74 Å². The lowest BCUT2D eigenvalue weighted by molar-refractivity contribution is 0.0512. The molecule has 0 aliphatic heterocycles. The van der Waals surface area contributed by atoms with Crippen LogP contribution in [0.4, 0.5) is 0 Å². The number of carboxylic acids is 1. The van der Waals surface area contributed by atoms with E-state index in [0.717, 1.165) is 11.3 Å². The van der Waals surface area contributed by atoms with Gasteiger partial charge < -0.3 is 14.6 Å². The molecule has 1 aromatic heterocycles. The second-order valence-corrected chi connectivity index (χ2v) is 2.91. The summed E-state index contributed by atoms with van der Waals surface area (Å²) in [6.45, 7) is 0.135. The van der Waals surface area contributed by atoms with Gasteiger partial charge in [0.1, 0.15) is 10.6 Å². The molecule has 5 heteroatoms. The van der Waals surface area contributed by atoms with Crippen LogP contribution in [0, 0.1) is 0 Å². The number of aromatic carboxylic acids is 1. The van der Waals surface area contributed by atoms with Crippen molar-refractivity contribution in [3.8, 4) is 5.75 Å². The van der Waals surface area contributed by atoms with Crippen molar-refractivity contribution in [3.63, 3.8) is 0 Å². The van der Waals surface area contributed by atoms with E-state index >= 15 is 0 Å². The fourth-order valence-corrected chi connectivity index (χ4v) is 1.30. The van der Waals surface area contributed by atoms with Crippen LogP contribution in [-0.2, 0) is 4.74 Å². The van der Waals surface area contributed by atoms with Gasteiger partial charge in [0.2, 0.25) is 0 Å². The molecular formula is C7H8O4S. The predicted octanol–water partition coefficient (Wildman–Crippen LogP) is 1.43. The minimum absolute atomic E-state index is 0.135. The van der Waals surface area contributed by atoms with Crippen molar-refractivity contribution < 1.29 is 19.4 Å². The molecule has 0 fully saturated rings. The van der Waals surface area contributed by atoms with Gasteiger partial charge in [-0.15, -0.1) is 11.3 Å². The van der Waals surface area contributed by atoms with Crippen LogP contribution in [0.1, 0.15) is 9.67 Å². The molecule has 1 rings (SSSR count). The summed E-state index contributed by atoms with van der Waals surface area (Å²) >= 11 is 1.13. The van der Waals surface area contributed by atoms with Crippen LogP contribution in [0.2, 0.25) is 0 Å². The maximum absolute atomic E-state index is 10.4. The van der Waals surface area contributed by atoms with Gasteiger partial charge in [0.15, 0.2) is 6.79 Å². The van der Waals surface area contributed by atoms with Gasteiger partial charge in [-0.1, -0.05) is 0 Å². The number of carbonyl (C=O) groups is 1. The van der Waals surface area contributed by atoms with E-state index in [1.165, 1.54) is 13.2 Å². The lowest BCUT2D eigenvalue weighted by Gasteiger charge is -1.98. The summed E-state index contributed by atoms with van der Waals surface area (Å²) in [6, 6.07) is 1.46. The van der Waals surface area contributed by atoms with E-state index in [1.54, 1.807) is 5.38 Å². The van der Waals surface area contributed by atoms with Crippen LogP contribution in [0.3, 0.4) is 0 Å². The first-order valence-electron chi connectivity index (χ1n) is 3.17. The first-order valence-corrected chi connectivity index (χ1v) is 4.05. The molecule has 0 atom stereocenters. The second-order valence-electron chi connectivity index (χ2n) is 2.00. The lowest BCUT2D eigenvalue weighted by Crippen LogP contribution is -1.97. The molecule has 0 amide bonds. The van der Waals surface area contributed by atoms with E-state index < -0.39 is 5.97 Å². The van der Waals surface area contributed by atoms with Crippen molar-refractivity contribution in [2.24, 2.45) is 0 Å². The summed E-state index contributed by atoms with van der Waals surface area (Å²) in [5.41, 5.74) is 0. The fourth-order valence-electron chi connectivity index (χ4n) is 0.634. The van der Waals surface area contributed by atoms with E-state index in [9.17, 15) is 4.79 Å². The van der Waals surface area contributed by atoms with Crippen LogP contribution in [-0.4, -0.2) is 25.0 Å². The Morgan fingerprint density at radius 1 is 1.75 bits per heavy atom. The molecule has 0 spiro atoms. The summed E-state index contributed by atoms with van der Waals surface area (Å²) in [7, 11) is 1.50. The molecule has 1 heterocycles. The Bertz CT molecular complexity index is 268. The van der Waals surface area contributed by atoms with Crippen molar-refractivity contribution in [1.29, 1.82) is 0 Å². The van der Waals surface area contributed by atoms with E-state index in [4.69, 9.17) is 9.84 Å². The summed E-state index contributed by atoms with van der Waals surface area (Å²) in [5, 5.41) is 10.2. The van der Waals surface area contributed by atoms with Crippen LogP contribution >= 0.6 is 11.3 Å². The molecule has 0 bridgehead atoms. The minimum Gasteiger partial charge on any atom is -0.477 e. The van der Waals surface area contributed by atoms with E-state index in [1.807, 2.05) is 0 Å². The summed E-state index contributed by atoms with van der Waals surface area (Å²) in [5.74, 6) is -0.411. The first kappa shape index (κ1) is 9.02. The maximum Gasteiger partial charge on any atom is 0.346 e. The van der Waals surface area contributed by atoms with Crippen LogP contribution in [0.15, 0.2) is 11.4 Å². The largest absolute Gasteiger partial charge is 0.477 e. The SMILES string of the molecule is COCOc1csc(C(=O)O)c1. The van der Waals surface area contributed by atoms with Crippen molar-refractivity contribution in [1.82, 2.24) is 0 Å². The maximum atomic E-state index is 10.4. The number of ether oxygens (including phenoxy) is 2. The molecule has 12 heavy (non-hydrogen) atoms. The summed E-state index contributed by atoms with van der Waals surface area (Å²) in [6.07, 6.45) is 0. The Balaban J connectivity index is 2.58. The van der Waals surface area contributed by atoms with Gasteiger partial charge in [-0.05, 0) is 0 Å². The predicted molar refractivity (Wildman–Crippen MR) is 43.8 cm³/mol. The standard InChI is InChI=1S/C7H8O4S/c1-10-4-11-5-2-6(7(8)9)12-3-5/h2-3H,4H2,1H3,(H,8,9). The van der Waals surface area contributed by atoms with E-state index in [2.05, 4.69) is 4.74 Å². The van der Waals surface area contributed by atoms with Crippen molar-refractivity contribution >= 4 is 17.3 Å². The Hall–Kier alpha value is -1.07. The molecule has 0 radical (unpaired) electrons. The van der Waals surface area contributed by atoms with Gasteiger partial charge in [-0.25, -0.2) is 4.79 Å². The third-order valence-electron chi connectivity index (χ3n) is 1.13. The number of thiophene rings is 1. The van der Waals surface area contributed by atoms with E-state index in [-0.39, 0.29) is 11.7 Å². The molecule has 0 aliphatic carbocycles. The Morgan fingerprint density at radius 3 is 3.00 bits per heavy atom. The number of rotatable bonds is 4. The monoisotopic (exact) mass is 188 g/mol. The molecule has 66 valence electrons. The molecule has 0 aliphatic rings. The Labute approximate surface area is 73.3 Å². The van der Waals surface area contributed by atoms with Gasteiger partial charge in [0, 0.05) is 18.6 Å². The first-order chi connectivity index (χ1) is 5.74. The molecule has 0 unspecified atom stereocenters. The average Bonchev–Trinajstić information content (AvgIpc) is 2.48. The topological polar surface area (TPSA) is 55.8 Å². The van der Waals surface area contributed by atoms with Gasteiger partial charge in [-0.2, -0.15) is 0 Å². The molecular weight excluding hydrogens is 180 g/mol. The highest BCUT2D eigenvalue weighted by molar-refractivity contribution is 7.12. The van der Waals surface area contributed by atoms with E-state index in [0.29, 0.717) is 5.75 Å². The Morgan fingerprint density at radius 2 is 2.50 bits per heavy atom. The van der Waals surface area contributed by atoms with Crippen molar-refractivity contribution in [2.45, 2.75) is 0 Å². The molecule has 0 saturated carbocycles. The molecule has 4 nitrogen and oxygen atoms in total. The molecule has 0 saturated heterocycles. The number of hydrogen-bond donors (Lipinski definition) is 1. The summed E-state index contributed by atoms with van der Waals surface area (Å²) < 4.78 is 9.66. The van der Waals surface area contributed by atoms with Gasteiger partial charge in [-0.3, -0.25) is 0 Å². The highest BCUT2D eigenvalue weighted by Crippen LogP contribution is 2.21. The molecule has 1 aromatic rings. The van der Waals surface area contributed by atoms with Crippen molar-refractivity contribution in [3.05, 3.63) is 16.3 Å². The highest BCUT2D eigenvalue weighted by Gasteiger charge is 2.06. The number of hydrogen-bond acceptors (Lipinski definition) is 4.